The van der Waals surface area contributed by atoms with Crippen molar-refractivity contribution >= 4 is 40.6 Å². The zero-order chi connectivity index (χ0) is 20.4. The normalized spacial score (nSPS) is 13.3. The Morgan fingerprint density at radius 2 is 2.00 bits per heavy atom. The first-order valence-corrected chi connectivity index (χ1v) is 11.3. The molecule has 1 N–H and O–H groups in total. The SMILES string of the molecule is Cc1ccc(C)c(CN2C(=O)CSc3ccc(C(=O)NCc4cccs4)cc32)c1. The molecule has 4 nitrogen and oxygen atoms in total. The fraction of sp³-hybridized carbons (Fsp3) is 0.217. The summed E-state index contributed by atoms with van der Waals surface area (Å²) in [5.41, 5.74) is 4.85. The van der Waals surface area contributed by atoms with Gasteiger partial charge in [0.25, 0.3) is 5.91 Å². The molecule has 2 heterocycles. The monoisotopic (exact) mass is 422 g/mol. The fourth-order valence-electron chi connectivity index (χ4n) is 3.34. The molecule has 0 fully saturated rings. The summed E-state index contributed by atoms with van der Waals surface area (Å²) < 4.78 is 0. The number of hydrogen-bond donors (Lipinski definition) is 1. The molecule has 2 amide bonds. The van der Waals surface area contributed by atoms with Crippen LogP contribution in [0.1, 0.15) is 31.9 Å². The lowest BCUT2D eigenvalue weighted by Gasteiger charge is -2.30. The van der Waals surface area contributed by atoms with Gasteiger partial charge in [0.05, 0.1) is 24.5 Å². The maximum absolute atomic E-state index is 12.7. The van der Waals surface area contributed by atoms with Crippen LogP contribution in [0.15, 0.2) is 58.8 Å². The second-order valence-electron chi connectivity index (χ2n) is 7.14. The molecule has 1 aliphatic heterocycles. The first-order chi connectivity index (χ1) is 14.0. The van der Waals surface area contributed by atoms with E-state index >= 15 is 0 Å². The molecule has 6 heteroatoms. The Labute approximate surface area is 178 Å². The Bertz CT molecular complexity index is 1060. The minimum absolute atomic E-state index is 0.0690. The summed E-state index contributed by atoms with van der Waals surface area (Å²) in [5.74, 6) is 0.359. The smallest absolute Gasteiger partial charge is 0.251 e. The summed E-state index contributed by atoms with van der Waals surface area (Å²) in [6.07, 6.45) is 0. The van der Waals surface area contributed by atoms with E-state index in [4.69, 9.17) is 0 Å². The Morgan fingerprint density at radius 3 is 2.79 bits per heavy atom. The number of hydrogen-bond acceptors (Lipinski definition) is 4. The van der Waals surface area contributed by atoms with E-state index in [-0.39, 0.29) is 11.8 Å². The highest BCUT2D eigenvalue weighted by Crippen LogP contribution is 2.37. The van der Waals surface area contributed by atoms with Gasteiger partial charge in [-0.15, -0.1) is 23.1 Å². The van der Waals surface area contributed by atoms with Crippen LogP contribution in [0.4, 0.5) is 5.69 Å². The van der Waals surface area contributed by atoms with Gasteiger partial charge in [0.15, 0.2) is 0 Å². The van der Waals surface area contributed by atoms with Crippen LogP contribution in [-0.4, -0.2) is 17.6 Å². The van der Waals surface area contributed by atoms with E-state index in [9.17, 15) is 9.59 Å². The number of rotatable bonds is 5. The van der Waals surface area contributed by atoms with Crippen molar-refractivity contribution in [1.29, 1.82) is 0 Å². The molecule has 0 radical (unpaired) electrons. The van der Waals surface area contributed by atoms with Crippen LogP contribution in [0.5, 0.6) is 0 Å². The molecular formula is C23H22N2O2S2. The summed E-state index contributed by atoms with van der Waals surface area (Å²) in [6.45, 7) is 5.14. The molecule has 0 atom stereocenters. The van der Waals surface area contributed by atoms with Crippen molar-refractivity contribution in [1.82, 2.24) is 5.32 Å². The van der Waals surface area contributed by atoms with E-state index in [1.165, 1.54) is 17.3 Å². The lowest BCUT2D eigenvalue weighted by Crippen LogP contribution is -2.35. The predicted octanol–water partition coefficient (Wildman–Crippen LogP) is 4.93. The average Bonchev–Trinajstić information content (AvgIpc) is 3.24. The highest BCUT2D eigenvalue weighted by molar-refractivity contribution is 8.00. The van der Waals surface area contributed by atoms with Crippen molar-refractivity contribution < 1.29 is 9.59 Å². The zero-order valence-electron chi connectivity index (χ0n) is 16.4. The molecular weight excluding hydrogens is 400 g/mol. The number of nitrogens with zero attached hydrogens (tertiary/aromatic N) is 1. The maximum Gasteiger partial charge on any atom is 0.251 e. The van der Waals surface area contributed by atoms with Crippen molar-refractivity contribution in [3.63, 3.8) is 0 Å². The first kappa shape index (κ1) is 19.7. The number of benzene rings is 2. The minimum atomic E-state index is -0.129. The van der Waals surface area contributed by atoms with Crippen LogP contribution >= 0.6 is 23.1 Å². The minimum Gasteiger partial charge on any atom is -0.347 e. The van der Waals surface area contributed by atoms with Gasteiger partial charge in [-0.3, -0.25) is 9.59 Å². The second kappa shape index (κ2) is 8.43. The number of anilines is 1. The van der Waals surface area contributed by atoms with Crippen molar-refractivity contribution in [2.24, 2.45) is 0 Å². The molecule has 2 aromatic carbocycles. The Morgan fingerprint density at radius 1 is 1.14 bits per heavy atom. The van der Waals surface area contributed by atoms with E-state index in [1.54, 1.807) is 11.3 Å². The highest BCUT2D eigenvalue weighted by Gasteiger charge is 2.26. The van der Waals surface area contributed by atoms with Gasteiger partial charge in [0.2, 0.25) is 5.91 Å². The number of thioether (sulfide) groups is 1. The van der Waals surface area contributed by atoms with Crippen LogP contribution in [0, 0.1) is 13.8 Å². The third-order valence-corrected chi connectivity index (χ3v) is 6.92. The van der Waals surface area contributed by atoms with Gasteiger partial charge < -0.3 is 10.2 Å². The summed E-state index contributed by atoms with van der Waals surface area (Å²) in [6, 6.07) is 15.9. The number of carbonyl (C=O) groups excluding carboxylic acids is 2. The molecule has 0 saturated carbocycles. The molecule has 1 aromatic heterocycles. The summed E-state index contributed by atoms with van der Waals surface area (Å²) in [7, 11) is 0. The van der Waals surface area contributed by atoms with Crippen LogP contribution in [0.25, 0.3) is 0 Å². The van der Waals surface area contributed by atoms with Crippen molar-refractivity contribution in [2.45, 2.75) is 31.8 Å². The van der Waals surface area contributed by atoms with E-state index in [1.807, 2.05) is 40.6 Å². The lowest BCUT2D eigenvalue weighted by atomic mass is 10.0. The fourth-order valence-corrected chi connectivity index (χ4v) is 4.90. The number of thiophene rings is 1. The molecule has 0 saturated heterocycles. The largest absolute Gasteiger partial charge is 0.347 e. The molecule has 0 aliphatic carbocycles. The maximum atomic E-state index is 12.7. The number of fused-ring (bicyclic) bond motifs is 1. The molecule has 3 aromatic rings. The van der Waals surface area contributed by atoms with Crippen LogP contribution < -0.4 is 10.2 Å². The number of amides is 2. The van der Waals surface area contributed by atoms with Gasteiger partial charge in [-0.05, 0) is 54.6 Å². The summed E-state index contributed by atoms with van der Waals surface area (Å²) in [5, 5.41) is 4.96. The molecule has 29 heavy (non-hydrogen) atoms. The molecule has 148 valence electrons. The Kier molecular flexibility index (Phi) is 5.74. The topological polar surface area (TPSA) is 49.4 Å². The van der Waals surface area contributed by atoms with Gasteiger partial charge in [-0.1, -0.05) is 29.8 Å². The van der Waals surface area contributed by atoms with E-state index in [2.05, 4.69) is 37.4 Å². The number of carbonyl (C=O) groups is 2. The van der Waals surface area contributed by atoms with E-state index in [0.29, 0.717) is 24.4 Å². The van der Waals surface area contributed by atoms with Gasteiger partial charge in [-0.25, -0.2) is 0 Å². The van der Waals surface area contributed by atoms with Gasteiger partial charge >= 0.3 is 0 Å². The third-order valence-electron chi connectivity index (χ3n) is 5.00. The van der Waals surface area contributed by atoms with Gasteiger partial charge in [0.1, 0.15) is 0 Å². The lowest BCUT2D eigenvalue weighted by molar-refractivity contribution is -0.116. The van der Waals surface area contributed by atoms with Gasteiger partial charge in [0, 0.05) is 15.3 Å². The van der Waals surface area contributed by atoms with Crippen LogP contribution in [-0.2, 0) is 17.9 Å². The number of aryl methyl sites for hydroxylation is 2. The first-order valence-electron chi connectivity index (χ1n) is 9.45. The summed E-state index contributed by atoms with van der Waals surface area (Å²) in [4.78, 5) is 29.3. The van der Waals surface area contributed by atoms with E-state index in [0.717, 1.165) is 26.6 Å². The molecule has 0 bridgehead atoms. The highest BCUT2D eigenvalue weighted by atomic mass is 32.2. The van der Waals surface area contributed by atoms with Crippen LogP contribution in [0.2, 0.25) is 0 Å². The molecule has 0 spiro atoms. The van der Waals surface area contributed by atoms with Crippen LogP contribution in [0.3, 0.4) is 0 Å². The zero-order valence-corrected chi connectivity index (χ0v) is 18.0. The average molecular weight is 423 g/mol. The molecule has 1 aliphatic rings. The van der Waals surface area contributed by atoms with Crippen molar-refractivity contribution in [2.75, 3.05) is 10.7 Å². The van der Waals surface area contributed by atoms with E-state index < -0.39 is 0 Å². The van der Waals surface area contributed by atoms with Gasteiger partial charge in [-0.2, -0.15) is 0 Å². The predicted molar refractivity (Wildman–Crippen MR) is 120 cm³/mol. The van der Waals surface area contributed by atoms with Crippen molar-refractivity contribution in [3.05, 3.63) is 81.0 Å². The van der Waals surface area contributed by atoms with Crippen molar-refractivity contribution in [3.8, 4) is 0 Å². The standard InChI is InChI=1S/C23H22N2O2S2/c1-15-5-6-16(2)18(10-15)13-25-20-11-17(7-8-21(20)29-14-22(25)26)23(27)24-12-19-4-3-9-28-19/h3-11H,12-14H2,1-2H3,(H,24,27). The Balaban J connectivity index is 1.59. The quantitative estimate of drug-likeness (QED) is 0.634. The summed E-state index contributed by atoms with van der Waals surface area (Å²) >= 11 is 3.15. The number of nitrogens with one attached hydrogen (secondary N) is 1. The molecule has 0 unspecified atom stereocenters. The Hall–Kier alpha value is -2.57. The third kappa shape index (κ3) is 4.38. The second-order valence-corrected chi connectivity index (χ2v) is 9.19. The molecule has 4 rings (SSSR count).